The van der Waals surface area contributed by atoms with Gasteiger partial charge in [-0.05, 0) is 6.07 Å². The highest BCUT2D eigenvalue weighted by Crippen LogP contribution is 2.37. The van der Waals surface area contributed by atoms with Crippen LogP contribution < -0.4 is 0 Å². The van der Waals surface area contributed by atoms with Gasteiger partial charge in [-0.15, -0.1) is 0 Å². The fraction of sp³-hybridized carbons (Fsp3) is 0.647. The molecule has 0 bridgehead atoms. The van der Waals surface area contributed by atoms with Crippen molar-refractivity contribution in [1.82, 2.24) is 14.1 Å². The SMILES string of the molecule is CS(=O)(=O)N1C[C@@H]2COCCN2C2(CN(Cc3ccccc3F)C2)C1. The summed E-state index contributed by atoms with van der Waals surface area (Å²) >= 11 is 0. The molecule has 3 saturated heterocycles. The van der Waals surface area contributed by atoms with Crippen molar-refractivity contribution in [2.75, 3.05) is 52.2 Å². The average Bonchev–Trinajstić information content (AvgIpc) is 2.54. The minimum Gasteiger partial charge on any atom is -0.378 e. The molecule has 4 rings (SSSR count). The molecule has 3 heterocycles. The number of sulfonamides is 1. The highest BCUT2D eigenvalue weighted by molar-refractivity contribution is 7.88. The second-order valence-electron chi connectivity index (χ2n) is 7.44. The molecule has 0 aromatic heterocycles. The normalized spacial score (nSPS) is 27.8. The van der Waals surface area contributed by atoms with Crippen molar-refractivity contribution < 1.29 is 17.5 Å². The Kier molecular flexibility index (Phi) is 4.36. The molecule has 0 radical (unpaired) electrons. The number of piperazine rings is 1. The van der Waals surface area contributed by atoms with Crippen molar-refractivity contribution in [3.8, 4) is 0 Å². The van der Waals surface area contributed by atoms with E-state index in [4.69, 9.17) is 4.74 Å². The maximum atomic E-state index is 13.9. The fourth-order valence-corrected chi connectivity index (χ4v) is 5.37. The smallest absolute Gasteiger partial charge is 0.211 e. The lowest BCUT2D eigenvalue weighted by Crippen LogP contribution is -2.80. The van der Waals surface area contributed by atoms with E-state index in [0.717, 1.165) is 19.6 Å². The van der Waals surface area contributed by atoms with Gasteiger partial charge in [-0.2, -0.15) is 4.31 Å². The fourth-order valence-electron chi connectivity index (χ4n) is 4.45. The first kappa shape index (κ1) is 17.4. The molecule has 0 amide bonds. The molecule has 25 heavy (non-hydrogen) atoms. The van der Waals surface area contributed by atoms with E-state index in [1.165, 1.54) is 12.3 Å². The second kappa shape index (κ2) is 6.28. The van der Waals surface area contributed by atoms with Crippen LogP contribution in [0.4, 0.5) is 4.39 Å². The largest absolute Gasteiger partial charge is 0.378 e. The van der Waals surface area contributed by atoms with E-state index in [1.807, 2.05) is 12.1 Å². The highest BCUT2D eigenvalue weighted by Gasteiger charge is 2.55. The van der Waals surface area contributed by atoms with Gasteiger partial charge in [0.2, 0.25) is 10.0 Å². The number of fused-ring (bicyclic) bond motifs is 2. The molecule has 3 aliphatic heterocycles. The Morgan fingerprint density at radius 3 is 2.76 bits per heavy atom. The Bertz CT molecular complexity index is 751. The summed E-state index contributed by atoms with van der Waals surface area (Å²) in [5, 5.41) is 0. The maximum absolute atomic E-state index is 13.9. The summed E-state index contributed by atoms with van der Waals surface area (Å²) in [7, 11) is -3.23. The van der Waals surface area contributed by atoms with Gasteiger partial charge in [0, 0.05) is 50.9 Å². The van der Waals surface area contributed by atoms with Gasteiger partial charge in [0.05, 0.1) is 25.0 Å². The number of benzene rings is 1. The molecular formula is C17H24FN3O3S. The Labute approximate surface area is 148 Å². The maximum Gasteiger partial charge on any atom is 0.211 e. The number of ether oxygens (including phenoxy) is 1. The van der Waals surface area contributed by atoms with Crippen molar-refractivity contribution in [2.24, 2.45) is 0 Å². The Morgan fingerprint density at radius 1 is 1.28 bits per heavy atom. The molecule has 138 valence electrons. The Hall–Kier alpha value is -1.06. The summed E-state index contributed by atoms with van der Waals surface area (Å²) in [6.07, 6.45) is 1.27. The summed E-state index contributed by atoms with van der Waals surface area (Å²) in [6.45, 7) is 5.15. The quantitative estimate of drug-likeness (QED) is 0.770. The third-order valence-corrected chi connectivity index (χ3v) is 6.79. The standard InChI is InChI=1S/C17H24FN3O3S/c1-25(22,23)20-9-15-10-24-7-6-21(15)17(13-20)11-19(12-17)8-14-4-2-3-5-16(14)18/h2-5,15H,6-13H2,1H3/t15-/m1/s1. The average molecular weight is 369 g/mol. The first-order chi connectivity index (χ1) is 11.9. The highest BCUT2D eigenvalue weighted by atomic mass is 32.2. The molecule has 1 atom stereocenters. The zero-order valence-electron chi connectivity index (χ0n) is 14.4. The number of hydrogen-bond acceptors (Lipinski definition) is 5. The summed E-state index contributed by atoms with van der Waals surface area (Å²) in [4.78, 5) is 4.62. The van der Waals surface area contributed by atoms with Crippen LogP contribution in [0, 0.1) is 5.82 Å². The molecule has 3 aliphatic rings. The van der Waals surface area contributed by atoms with Gasteiger partial charge in [0.15, 0.2) is 0 Å². The lowest BCUT2D eigenvalue weighted by Gasteiger charge is -2.63. The second-order valence-corrected chi connectivity index (χ2v) is 9.42. The number of halogens is 1. The van der Waals surface area contributed by atoms with Gasteiger partial charge in [-0.25, -0.2) is 12.8 Å². The minimum absolute atomic E-state index is 0.104. The molecule has 3 fully saturated rings. The van der Waals surface area contributed by atoms with Crippen LogP contribution in [0.15, 0.2) is 24.3 Å². The third kappa shape index (κ3) is 3.21. The first-order valence-corrected chi connectivity index (χ1v) is 10.5. The van der Waals surface area contributed by atoms with Gasteiger partial charge < -0.3 is 4.74 Å². The minimum atomic E-state index is -3.23. The lowest BCUT2D eigenvalue weighted by molar-refractivity contribution is -0.154. The molecule has 0 N–H and O–H groups in total. The third-order valence-electron chi connectivity index (χ3n) is 5.58. The van der Waals surface area contributed by atoms with Gasteiger partial charge in [0.25, 0.3) is 0 Å². The molecule has 1 spiro atoms. The van der Waals surface area contributed by atoms with E-state index < -0.39 is 10.0 Å². The lowest BCUT2D eigenvalue weighted by atomic mass is 9.83. The predicted molar refractivity (Wildman–Crippen MR) is 92.1 cm³/mol. The van der Waals surface area contributed by atoms with Crippen molar-refractivity contribution in [3.05, 3.63) is 35.6 Å². The van der Waals surface area contributed by atoms with Crippen molar-refractivity contribution >= 4 is 10.0 Å². The molecule has 0 aliphatic carbocycles. The van der Waals surface area contributed by atoms with Crippen LogP contribution in [0.2, 0.25) is 0 Å². The van der Waals surface area contributed by atoms with E-state index in [9.17, 15) is 12.8 Å². The van der Waals surface area contributed by atoms with E-state index in [-0.39, 0.29) is 17.4 Å². The van der Waals surface area contributed by atoms with Crippen LogP contribution in [0.25, 0.3) is 0 Å². The monoisotopic (exact) mass is 369 g/mol. The first-order valence-electron chi connectivity index (χ1n) is 8.63. The number of morpholine rings is 1. The van der Waals surface area contributed by atoms with Crippen LogP contribution in [0.5, 0.6) is 0 Å². The number of rotatable bonds is 3. The zero-order valence-corrected chi connectivity index (χ0v) is 15.2. The van der Waals surface area contributed by atoms with Crippen molar-refractivity contribution in [1.29, 1.82) is 0 Å². The van der Waals surface area contributed by atoms with Gasteiger partial charge in [-0.3, -0.25) is 9.80 Å². The van der Waals surface area contributed by atoms with E-state index >= 15 is 0 Å². The van der Waals surface area contributed by atoms with E-state index in [1.54, 1.807) is 10.4 Å². The van der Waals surface area contributed by atoms with E-state index in [0.29, 0.717) is 38.4 Å². The van der Waals surface area contributed by atoms with E-state index in [2.05, 4.69) is 9.80 Å². The van der Waals surface area contributed by atoms with Gasteiger partial charge in [0.1, 0.15) is 5.82 Å². The Balaban J connectivity index is 1.51. The Morgan fingerprint density at radius 2 is 2.04 bits per heavy atom. The molecule has 0 unspecified atom stereocenters. The predicted octanol–water partition coefficient (Wildman–Crippen LogP) is 0.356. The van der Waals surface area contributed by atoms with Crippen LogP contribution in [-0.2, 0) is 21.3 Å². The number of likely N-dealkylation sites (tertiary alicyclic amines) is 1. The van der Waals surface area contributed by atoms with Crippen LogP contribution >= 0.6 is 0 Å². The molecular weight excluding hydrogens is 345 g/mol. The summed E-state index contributed by atoms with van der Waals surface area (Å²) in [5.41, 5.74) is 0.507. The van der Waals surface area contributed by atoms with Crippen LogP contribution in [-0.4, -0.2) is 86.3 Å². The van der Waals surface area contributed by atoms with Gasteiger partial charge >= 0.3 is 0 Å². The summed E-state index contributed by atoms with van der Waals surface area (Å²) in [5.74, 6) is -0.186. The summed E-state index contributed by atoms with van der Waals surface area (Å²) in [6, 6.07) is 6.93. The van der Waals surface area contributed by atoms with Crippen molar-refractivity contribution in [2.45, 2.75) is 18.1 Å². The summed E-state index contributed by atoms with van der Waals surface area (Å²) < 4.78 is 45.3. The zero-order chi connectivity index (χ0) is 17.7. The number of nitrogens with zero attached hydrogens (tertiary/aromatic N) is 3. The van der Waals surface area contributed by atoms with Gasteiger partial charge in [-0.1, -0.05) is 18.2 Å². The molecule has 8 heteroatoms. The molecule has 1 aromatic carbocycles. The van der Waals surface area contributed by atoms with Crippen LogP contribution in [0.3, 0.4) is 0 Å². The van der Waals surface area contributed by atoms with Crippen LogP contribution in [0.1, 0.15) is 5.56 Å². The topological polar surface area (TPSA) is 53.1 Å². The molecule has 0 saturated carbocycles. The number of hydrogen-bond donors (Lipinski definition) is 0. The van der Waals surface area contributed by atoms with Crippen molar-refractivity contribution in [3.63, 3.8) is 0 Å². The molecule has 1 aromatic rings. The molecule has 6 nitrogen and oxygen atoms in total.